The minimum absolute atomic E-state index is 0.0511. The van der Waals surface area contributed by atoms with Crippen LogP contribution in [0.25, 0.3) is 0 Å². The summed E-state index contributed by atoms with van der Waals surface area (Å²) in [6.45, 7) is 5.37. The zero-order valence-electron chi connectivity index (χ0n) is 16.4. The third-order valence-corrected chi connectivity index (χ3v) is 5.82. The van der Waals surface area contributed by atoms with Crippen LogP contribution in [0.1, 0.15) is 30.9 Å². The zero-order valence-corrected chi connectivity index (χ0v) is 16.4. The molecule has 2 aliphatic rings. The highest BCUT2D eigenvalue weighted by atomic mass is 19.1. The van der Waals surface area contributed by atoms with Gasteiger partial charge in [-0.05, 0) is 55.1 Å². The Morgan fingerprint density at radius 1 is 1.11 bits per heavy atom. The van der Waals surface area contributed by atoms with Crippen molar-refractivity contribution in [3.8, 4) is 0 Å². The van der Waals surface area contributed by atoms with Gasteiger partial charge < -0.3 is 9.64 Å². The predicted molar refractivity (Wildman–Crippen MR) is 108 cm³/mol. The monoisotopic (exact) mass is 382 g/mol. The minimum Gasteiger partial charge on any atom is -0.362 e. The molecule has 0 aliphatic carbocycles. The van der Waals surface area contributed by atoms with Gasteiger partial charge in [0.25, 0.3) is 5.91 Å². The number of rotatable bonds is 4. The summed E-state index contributed by atoms with van der Waals surface area (Å²) in [6, 6.07) is 15.0. The molecule has 0 aromatic heterocycles. The van der Waals surface area contributed by atoms with Crippen LogP contribution in [0.3, 0.4) is 0 Å². The number of ether oxygens (including phenoxy) is 1. The normalized spacial score (nSPS) is 23.4. The van der Waals surface area contributed by atoms with Crippen molar-refractivity contribution in [1.82, 2.24) is 4.90 Å². The number of carbonyl (C=O) groups excluding carboxylic acids is 1. The van der Waals surface area contributed by atoms with Crippen LogP contribution in [-0.4, -0.2) is 42.6 Å². The van der Waals surface area contributed by atoms with E-state index in [1.54, 1.807) is 17.0 Å². The van der Waals surface area contributed by atoms with Gasteiger partial charge in [-0.1, -0.05) is 37.3 Å². The number of piperidine rings is 1. The second-order valence-corrected chi connectivity index (χ2v) is 7.92. The summed E-state index contributed by atoms with van der Waals surface area (Å²) in [6.07, 6.45) is 2.99. The van der Waals surface area contributed by atoms with Crippen LogP contribution < -0.4 is 4.90 Å². The number of nitrogens with zero attached hydrogens (tertiary/aromatic N) is 2. The first-order valence-corrected chi connectivity index (χ1v) is 10.1. The molecule has 0 radical (unpaired) electrons. The SMILES string of the molecule is CCc1ccc(CN2CCCC3(C2)CN(c2cccc(F)c2)C(=O)CO3)cc1. The zero-order chi connectivity index (χ0) is 19.6. The van der Waals surface area contributed by atoms with Crippen LogP contribution in [0.2, 0.25) is 0 Å². The van der Waals surface area contributed by atoms with Gasteiger partial charge in [-0.15, -0.1) is 0 Å². The summed E-state index contributed by atoms with van der Waals surface area (Å²) < 4.78 is 19.7. The lowest BCUT2D eigenvalue weighted by Crippen LogP contribution is -2.61. The molecule has 2 fully saturated rings. The molecular formula is C23H27FN2O2. The van der Waals surface area contributed by atoms with Crippen LogP contribution in [0.4, 0.5) is 10.1 Å². The van der Waals surface area contributed by atoms with E-state index in [1.165, 1.54) is 23.3 Å². The molecule has 2 saturated heterocycles. The summed E-state index contributed by atoms with van der Waals surface area (Å²) >= 11 is 0. The first-order valence-electron chi connectivity index (χ1n) is 10.1. The lowest BCUT2D eigenvalue weighted by atomic mass is 9.90. The highest BCUT2D eigenvalue weighted by Crippen LogP contribution is 2.32. The Hall–Kier alpha value is -2.24. The van der Waals surface area contributed by atoms with Crippen molar-refractivity contribution in [3.63, 3.8) is 0 Å². The highest BCUT2D eigenvalue weighted by molar-refractivity contribution is 5.95. The molecule has 28 heavy (non-hydrogen) atoms. The Morgan fingerprint density at radius 2 is 1.89 bits per heavy atom. The van der Waals surface area contributed by atoms with E-state index in [4.69, 9.17) is 4.74 Å². The number of anilines is 1. The molecular weight excluding hydrogens is 355 g/mol. The van der Waals surface area contributed by atoms with Crippen molar-refractivity contribution in [2.24, 2.45) is 0 Å². The number of carbonyl (C=O) groups is 1. The summed E-state index contributed by atoms with van der Waals surface area (Å²) in [5.74, 6) is -0.435. The molecule has 148 valence electrons. The van der Waals surface area contributed by atoms with Crippen LogP contribution in [0.5, 0.6) is 0 Å². The summed E-state index contributed by atoms with van der Waals surface area (Å²) in [5.41, 5.74) is 2.86. The van der Waals surface area contributed by atoms with Gasteiger partial charge in [-0.25, -0.2) is 4.39 Å². The standard InChI is InChI=1S/C23H27FN2O2/c1-2-18-7-9-19(10-8-18)14-25-12-4-11-23(16-25)17-26(22(27)15-28-23)21-6-3-5-20(24)13-21/h3,5-10,13H,2,4,11-12,14-17H2,1H3. The van der Waals surface area contributed by atoms with Crippen LogP contribution >= 0.6 is 0 Å². The molecule has 0 N–H and O–H groups in total. The number of morpholine rings is 1. The van der Waals surface area contributed by atoms with Crippen molar-refractivity contribution in [2.75, 3.05) is 31.1 Å². The fraction of sp³-hybridized carbons (Fsp3) is 0.435. The average Bonchev–Trinajstić information content (AvgIpc) is 2.71. The van der Waals surface area contributed by atoms with E-state index in [9.17, 15) is 9.18 Å². The maximum Gasteiger partial charge on any atom is 0.253 e. The second-order valence-electron chi connectivity index (χ2n) is 7.92. The molecule has 0 bridgehead atoms. The van der Waals surface area contributed by atoms with E-state index in [1.807, 2.05) is 0 Å². The van der Waals surface area contributed by atoms with Gasteiger partial charge in [0.15, 0.2) is 0 Å². The van der Waals surface area contributed by atoms with Crippen molar-refractivity contribution in [3.05, 3.63) is 65.5 Å². The number of benzene rings is 2. The number of amides is 1. The molecule has 1 spiro atoms. The first kappa shape index (κ1) is 19.1. The molecule has 0 saturated carbocycles. The number of halogens is 1. The molecule has 5 heteroatoms. The summed E-state index contributed by atoms with van der Waals surface area (Å²) in [7, 11) is 0. The lowest BCUT2D eigenvalue weighted by Gasteiger charge is -2.47. The molecule has 2 aliphatic heterocycles. The maximum atomic E-state index is 13.7. The number of hydrogen-bond donors (Lipinski definition) is 0. The van der Waals surface area contributed by atoms with E-state index in [-0.39, 0.29) is 23.9 Å². The molecule has 4 nitrogen and oxygen atoms in total. The molecule has 1 unspecified atom stereocenters. The van der Waals surface area contributed by atoms with Gasteiger partial charge in [0.2, 0.25) is 0 Å². The first-order chi connectivity index (χ1) is 13.6. The van der Waals surface area contributed by atoms with Gasteiger partial charge >= 0.3 is 0 Å². The number of aryl methyl sites for hydroxylation is 1. The van der Waals surface area contributed by atoms with Crippen molar-refractivity contribution >= 4 is 11.6 Å². The Kier molecular flexibility index (Phi) is 5.47. The van der Waals surface area contributed by atoms with E-state index in [0.717, 1.165) is 38.9 Å². The van der Waals surface area contributed by atoms with Crippen LogP contribution in [0.15, 0.2) is 48.5 Å². The van der Waals surface area contributed by atoms with Gasteiger partial charge in [-0.3, -0.25) is 9.69 Å². The second kappa shape index (κ2) is 8.02. The largest absolute Gasteiger partial charge is 0.362 e. The smallest absolute Gasteiger partial charge is 0.253 e. The van der Waals surface area contributed by atoms with E-state index in [2.05, 4.69) is 36.1 Å². The quantitative estimate of drug-likeness (QED) is 0.807. The summed E-state index contributed by atoms with van der Waals surface area (Å²) in [4.78, 5) is 16.5. The number of hydrogen-bond acceptors (Lipinski definition) is 3. The molecule has 2 aromatic carbocycles. The maximum absolute atomic E-state index is 13.7. The number of likely N-dealkylation sites (tertiary alicyclic amines) is 1. The fourth-order valence-electron chi connectivity index (χ4n) is 4.30. The third kappa shape index (κ3) is 4.10. The van der Waals surface area contributed by atoms with E-state index >= 15 is 0 Å². The lowest BCUT2D eigenvalue weighted by molar-refractivity contribution is -0.146. The van der Waals surface area contributed by atoms with Crippen molar-refractivity contribution in [1.29, 1.82) is 0 Å². The van der Waals surface area contributed by atoms with Crippen LogP contribution in [0, 0.1) is 5.82 Å². The molecule has 1 amide bonds. The molecule has 4 rings (SSSR count). The van der Waals surface area contributed by atoms with Crippen LogP contribution in [-0.2, 0) is 22.5 Å². The molecule has 2 heterocycles. The van der Waals surface area contributed by atoms with Crippen molar-refractivity contribution in [2.45, 2.75) is 38.3 Å². The van der Waals surface area contributed by atoms with Gasteiger partial charge in [0.1, 0.15) is 12.4 Å². The van der Waals surface area contributed by atoms with E-state index < -0.39 is 0 Å². The third-order valence-electron chi connectivity index (χ3n) is 5.82. The minimum atomic E-state index is -0.387. The fourth-order valence-corrected chi connectivity index (χ4v) is 4.30. The van der Waals surface area contributed by atoms with E-state index in [0.29, 0.717) is 12.2 Å². The average molecular weight is 382 g/mol. The summed E-state index contributed by atoms with van der Waals surface area (Å²) in [5, 5.41) is 0. The Labute approximate surface area is 165 Å². The topological polar surface area (TPSA) is 32.8 Å². The Morgan fingerprint density at radius 3 is 2.64 bits per heavy atom. The Balaban J connectivity index is 1.48. The van der Waals surface area contributed by atoms with Gasteiger partial charge in [-0.2, -0.15) is 0 Å². The predicted octanol–water partition coefficient (Wildman–Crippen LogP) is 3.79. The molecule has 1 atom stereocenters. The molecule has 2 aromatic rings. The Bertz CT molecular complexity index is 839. The van der Waals surface area contributed by atoms with Gasteiger partial charge in [0.05, 0.1) is 12.1 Å². The van der Waals surface area contributed by atoms with Crippen molar-refractivity contribution < 1.29 is 13.9 Å². The van der Waals surface area contributed by atoms with Gasteiger partial charge in [0, 0.05) is 18.8 Å². The highest BCUT2D eigenvalue weighted by Gasteiger charge is 2.43.